The molecule has 1 aliphatic rings. The SMILES string of the molecule is Cc1cccc2nc(C(C)(C)C3CCCNC3)oc12. The van der Waals surface area contributed by atoms with Crippen LogP contribution in [0.1, 0.15) is 38.1 Å². The standard InChI is InChI=1S/C16H22N2O/c1-11-6-4-8-13-14(11)19-15(18-13)16(2,3)12-7-5-9-17-10-12/h4,6,8,12,17H,5,7,9-10H2,1-3H3. The van der Waals surface area contributed by atoms with Crippen LogP contribution in [0.5, 0.6) is 0 Å². The lowest BCUT2D eigenvalue weighted by Gasteiger charge is -2.34. The van der Waals surface area contributed by atoms with E-state index in [0.29, 0.717) is 5.92 Å². The largest absolute Gasteiger partial charge is 0.440 e. The normalized spacial score (nSPS) is 20.9. The molecule has 1 N–H and O–H groups in total. The number of nitrogens with one attached hydrogen (secondary N) is 1. The van der Waals surface area contributed by atoms with Crippen molar-refractivity contribution in [1.82, 2.24) is 10.3 Å². The maximum atomic E-state index is 6.08. The van der Waals surface area contributed by atoms with Gasteiger partial charge in [-0.05, 0) is 50.4 Å². The van der Waals surface area contributed by atoms with Crippen LogP contribution in [-0.2, 0) is 5.41 Å². The van der Waals surface area contributed by atoms with Gasteiger partial charge < -0.3 is 9.73 Å². The molecule has 3 nitrogen and oxygen atoms in total. The van der Waals surface area contributed by atoms with E-state index in [1.807, 2.05) is 12.1 Å². The fourth-order valence-corrected chi connectivity index (χ4v) is 3.00. The Balaban J connectivity index is 2.00. The zero-order valence-electron chi connectivity index (χ0n) is 12.0. The fourth-order valence-electron chi connectivity index (χ4n) is 3.00. The van der Waals surface area contributed by atoms with Crippen LogP contribution in [0.3, 0.4) is 0 Å². The van der Waals surface area contributed by atoms with Gasteiger partial charge in [0, 0.05) is 5.41 Å². The summed E-state index contributed by atoms with van der Waals surface area (Å²) in [6.07, 6.45) is 2.49. The number of rotatable bonds is 2. The molecular formula is C16H22N2O. The average Bonchev–Trinajstić information content (AvgIpc) is 2.86. The summed E-state index contributed by atoms with van der Waals surface area (Å²) in [4.78, 5) is 4.73. The molecule has 1 aromatic heterocycles. The van der Waals surface area contributed by atoms with Gasteiger partial charge in [0.15, 0.2) is 5.58 Å². The van der Waals surface area contributed by atoms with Gasteiger partial charge in [0.1, 0.15) is 5.52 Å². The van der Waals surface area contributed by atoms with Crippen LogP contribution in [0.2, 0.25) is 0 Å². The highest BCUT2D eigenvalue weighted by molar-refractivity contribution is 5.76. The first-order valence-electron chi connectivity index (χ1n) is 7.16. The highest BCUT2D eigenvalue weighted by atomic mass is 16.3. The predicted molar refractivity (Wildman–Crippen MR) is 77.4 cm³/mol. The first-order chi connectivity index (χ1) is 9.09. The van der Waals surface area contributed by atoms with Crippen molar-refractivity contribution in [3.8, 4) is 0 Å². The number of aryl methyl sites for hydroxylation is 1. The summed E-state index contributed by atoms with van der Waals surface area (Å²) in [6.45, 7) is 8.78. The number of hydrogen-bond acceptors (Lipinski definition) is 3. The molecule has 3 heteroatoms. The van der Waals surface area contributed by atoms with Crippen molar-refractivity contribution in [2.75, 3.05) is 13.1 Å². The molecule has 2 heterocycles. The first-order valence-corrected chi connectivity index (χ1v) is 7.16. The summed E-state index contributed by atoms with van der Waals surface area (Å²) >= 11 is 0. The Bertz CT molecular complexity index is 579. The van der Waals surface area contributed by atoms with Crippen molar-refractivity contribution in [1.29, 1.82) is 0 Å². The van der Waals surface area contributed by atoms with Crippen molar-refractivity contribution in [2.24, 2.45) is 5.92 Å². The molecule has 0 aliphatic carbocycles. The molecule has 0 saturated carbocycles. The monoisotopic (exact) mass is 258 g/mol. The smallest absolute Gasteiger partial charge is 0.201 e. The zero-order valence-corrected chi connectivity index (χ0v) is 12.0. The Labute approximate surface area is 114 Å². The highest BCUT2D eigenvalue weighted by Crippen LogP contribution is 2.36. The van der Waals surface area contributed by atoms with Crippen LogP contribution >= 0.6 is 0 Å². The van der Waals surface area contributed by atoms with Crippen molar-refractivity contribution >= 4 is 11.1 Å². The number of aromatic nitrogens is 1. The molecule has 1 saturated heterocycles. The minimum absolute atomic E-state index is 0.0150. The van der Waals surface area contributed by atoms with Crippen molar-refractivity contribution in [2.45, 2.75) is 39.0 Å². The molecule has 19 heavy (non-hydrogen) atoms. The van der Waals surface area contributed by atoms with Crippen LogP contribution in [0.15, 0.2) is 22.6 Å². The maximum Gasteiger partial charge on any atom is 0.201 e. The van der Waals surface area contributed by atoms with E-state index in [0.717, 1.165) is 35.6 Å². The van der Waals surface area contributed by atoms with Gasteiger partial charge in [-0.3, -0.25) is 0 Å². The fraction of sp³-hybridized carbons (Fsp3) is 0.562. The molecule has 1 fully saturated rings. The second kappa shape index (κ2) is 4.64. The Kier molecular flexibility index (Phi) is 3.09. The molecule has 1 aliphatic heterocycles. The summed E-state index contributed by atoms with van der Waals surface area (Å²) in [5.41, 5.74) is 3.06. The summed E-state index contributed by atoms with van der Waals surface area (Å²) in [6, 6.07) is 6.15. The Hall–Kier alpha value is -1.35. The summed E-state index contributed by atoms with van der Waals surface area (Å²) in [5, 5.41) is 3.49. The van der Waals surface area contributed by atoms with E-state index in [2.05, 4.69) is 32.2 Å². The van der Waals surface area contributed by atoms with E-state index in [4.69, 9.17) is 9.40 Å². The second-order valence-corrected chi connectivity index (χ2v) is 6.21. The Morgan fingerprint density at radius 3 is 2.89 bits per heavy atom. The molecule has 1 atom stereocenters. The van der Waals surface area contributed by atoms with E-state index >= 15 is 0 Å². The third kappa shape index (κ3) is 2.16. The third-order valence-electron chi connectivity index (χ3n) is 4.48. The minimum Gasteiger partial charge on any atom is -0.440 e. The second-order valence-electron chi connectivity index (χ2n) is 6.21. The van der Waals surface area contributed by atoms with E-state index < -0.39 is 0 Å². The molecular weight excluding hydrogens is 236 g/mol. The van der Waals surface area contributed by atoms with Crippen molar-refractivity contribution in [3.63, 3.8) is 0 Å². The molecule has 3 rings (SSSR count). The molecule has 102 valence electrons. The maximum absolute atomic E-state index is 6.08. The van der Waals surface area contributed by atoms with E-state index in [1.54, 1.807) is 0 Å². The predicted octanol–water partition coefficient (Wildman–Crippen LogP) is 3.41. The van der Waals surface area contributed by atoms with Gasteiger partial charge in [-0.15, -0.1) is 0 Å². The van der Waals surface area contributed by atoms with Gasteiger partial charge in [0.25, 0.3) is 0 Å². The number of hydrogen-bond donors (Lipinski definition) is 1. The van der Waals surface area contributed by atoms with Crippen molar-refractivity contribution < 1.29 is 4.42 Å². The van der Waals surface area contributed by atoms with E-state index in [1.165, 1.54) is 12.8 Å². The molecule has 0 radical (unpaired) electrons. The van der Waals surface area contributed by atoms with Gasteiger partial charge >= 0.3 is 0 Å². The van der Waals surface area contributed by atoms with Gasteiger partial charge in [0.05, 0.1) is 0 Å². The summed E-state index contributed by atoms with van der Waals surface area (Å²) < 4.78 is 6.08. The average molecular weight is 258 g/mol. The lowest BCUT2D eigenvalue weighted by Crippen LogP contribution is -2.40. The lowest BCUT2D eigenvalue weighted by atomic mass is 9.75. The molecule has 2 aromatic rings. The number of oxazole rings is 1. The number of fused-ring (bicyclic) bond motifs is 1. The first kappa shape index (κ1) is 12.7. The van der Waals surface area contributed by atoms with Crippen LogP contribution in [-0.4, -0.2) is 18.1 Å². The van der Waals surface area contributed by atoms with Gasteiger partial charge in [-0.2, -0.15) is 0 Å². The third-order valence-corrected chi connectivity index (χ3v) is 4.48. The number of benzene rings is 1. The lowest BCUT2D eigenvalue weighted by molar-refractivity contribution is 0.215. The number of piperidine rings is 1. The molecule has 0 spiro atoms. The molecule has 1 aromatic carbocycles. The van der Waals surface area contributed by atoms with E-state index in [9.17, 15) is 0 Å². The molecule has 0 bridgehead atoms. The van der Waals surface area contributed by atoms with Gasteiger partial charge in [0.2, 0.25) is 5.89 Å². The minimum atomic E-state index is -0.0150. The summed E-state index contributed by atoms with van der Waals surface area (Å²) in [5.74, 6) is 1.47. The van der Waals surface area contributed by atoms with Gasteiger partial charge in [-0.25, -0.2) is 4.98 Å². The van der Waals surface area contributed by atoms with Crippen LogP contribution in [0, 0.1) is 12.8 Å². The highest BCUT2D eigenvalue weighted by Gasteiger charge is 2.36. The molecule has 1 unspecified atom stereocenters. The zero-order chi connectivity index (χ0) is 13.5. The molecule has 0 amide bonds. The van der Waals surface area contributed by atoms with Gasteiger partial charge in [-0.1, -0.05) is 26.0 Å². The van der Waals surface area contributed by atoms with Crippen LogP contribution < -0.4 is 5.32 Å². The number of nitrogens with zero attached hydrogens (tertiary/aromatic N) is 1. The summed E-state index contributed by atoms with van der Waals surface area (Å²) in [7, 11) is 0. The Morgan fingerprint density at radius 1 is 1.37 bits per heavy atom. The van der Waals surface area contributed by atoms with Crippen molar-refractivity contribution in [3.05, 3.63) is 29.7 Å². The quantitative estimate of drug-likeness (QED) is 0.897. The van der Waals surface area contributed by atoms with E-state index in [-0.39, 0.29) is 5.41 Å². The topological polar surface area (TPSA) is 38.1 Å². The van der Waals surface area contributed by atoms with Crippen LogP contribution in [0.25, 0.3) is 11.1 Å². The number of para-hydroxylation sites is 1. The Morgan fingerprint density at radius 2 is 2.21 bits per heavy atom. The van der Waals surface area contributed by atoms with Crippen LogP contribution in [0.4, 0.5) is 0 Å².